The first-order valence-corrected chi connectivity index (χ1v) is 5.94. The zero-order valence-electron chi connectivity index (χ0n) is 7.98. The van der Waals surface area contributed by atoms with Crippen LogP contribution in [0.25, 0.3) is 0 Å². The average Bonchev–Trinajstić information content (AvgIpc) is 2.78. The summed E-state index contributed by atoms with van der Waals surface area (Å²) >= 11 is 4.09. The van der Waals surface area contributed by atoms with E-state index in [0.29, 0.717) is 15.7 Å². The monoisotopic (exact) mass is 300 g/mol. The van der Waals surface area contributed by atoms with E-state index in [2.05, 4.69) is 24.7 Å². The molecule has 1 aromatic heterocycles. The second-order valence-electron chi connectivity index (χ2n) is 3.11. The Morgan fingerprint density at radius 1 is 1.50 bits per heavy atom. The van der Waals surface area contributed by atoms with Crippen LogP contribution >= 0.6 is 27.7 Å². The maximum absolute atomic E-state index is 13.2. The molecular weight excluding hydrogens is 295 g/mol. The van der Waals surface area contributed by atoms with Crippen LogP contribution in [0.15, 0.2) is 28.9 Å². The molecule has 0 spiro atoms. The van der Waals surface area contributed by atoms with Crippen molar-refractivity contribution in [1.82, 2.24) is 8.75 Å². The van der Waals surface area contributed by atoms with Gasteiger partial charge in [-0.25, -0.2) is 4.39 Å². The van der Waals surface area contributed by atoms with Crippen molar-refractivity contribution < 1.29 is 9.18 Å². The normalized spacial score (nSPS) is 10.4. The molecule has 16 heavy (non-hydrogen) atoms. The van der Waals surface area contributed by atoms with Crippen LogP contribution in [0.4, 0.5) is 4.39 Å². The van der Waals surface area contributed by atoms with Crippen LogP contribution in [-0.2, 0) is 6.42 Å². The van der Waals surface area contributed by atoms with Crippen molar-refractivity contribution in [3.05, 3.63) is 45.9 Å². The summed E-state index contributed by atoms with van der Waals surface area (Å²) in [6.07, 6.45) is 1.53. The lowest BCUT2D eigenvalue weighted by molar-refractivity contribution is 0.0989. The number of Topliss-reactive ketones (excluding diaryl/α,β-unsaturated/α-hetero) is 1. The standard InChI is InChI=1S/C10H6BrFN2OS/c11-10-6(2-1-3-7(10)12)4-9(15)8-5-13-16-14-8/h1-3,5H,4H2. The van der Waals surface area contributed by atoms with Crippen molar-refractivity contribution in [1.29, 1.82) is 0 Å². The second-order valence-corrected chi connectivity index (χ2v) is 4.46. The van der Waals surface area contributed by atoms with Crippen LogP contribution in [0, 0.1) is 5.82 Å². The quantitative estimate of drug-likeness (QED) is 0.819. The number of ketones is 1. The molecule has 0 fully saturated rings. The summed E-state index contributed by atoms with van der Waals surface area (Å²) in [7, 11) is 0. The topological polar surface area (TPSA) is 42.9 Å². The van der Waals surface area contributed by atoms with E-state index in [-0.39, 0.29) is 18.0 Å². The van der Waals surface area contributed by atoms with Gasteiger partial charge in [-0.1, -0.05) is 12.1 Å². The highest BCUT2D eigenvalue weighted by Gasteiger charge is 2.13. The molecule has 6 heteroatoms. The van der Waals surface area contributed by atoms with Crippen molar-refractivity contribution >= 4 is 33.4 Å². The number of hydrogen-bond donors (Lipinski definition) is 0. The molecule has 2 rings (SSSR count). The highest BCUT2D eigenvalue weighted by molar-refractivity contribution is 9.10. The maximum atomic E-state index is 13.2. The van der Waals surface area contributed by atoms with Gasteiger partial charge in [0.2, 0.25) is 0 Å². The first kappa shape index (κ1) is 11.3. The van der Waals surface area contributed by atoms with E-state index in [1.165, 1.54) is 12.3 Å². The molecule has 82 valence electrons. The molecule has 1 heterocycles. The van der Waals surface area contributed by atoms with Gasteiger partial charge < -0.3 is 0 Å². The number of halogens is 2. The smallest absolute Gasteiger partial charge is 0.188 e. The third kappa shape index (κ3) is 2.33. The minimum atomic E-state index is -0.373. The summed E-state index contributed by atoms with van der Waals surface area (Å²) in [5.41, 5.74) is 0.930. The Bertz CT molecular complexity index is 516. The van der Waals surface area contributed by atoms with Gasteiger partial charge in [0, 0.05) is 6.42 Å². The molecule has 0 atom stereocenters. The molecule has 3 nitrogen and oxygen atoms in total. The zero-order chi connectivity index (χ0) is 11.5. The lowest BCUT2D eigenvalue weighted by atomic mass is 10.1. The number of benzene rings is 1. The van der Waals surface area contributed by atoms with Gasteiger partial charge in [-0.05, 0) is 27.6 Å². The minimum absolute atomic E-state index is 0.115. The summed E-state index contributed by atoms with van der Waals surface area (Å²) in [5.74, 6) is -0.540. The summed E-state index contributed by atoms with van der Waals surface area (Å²) in [6, 6.07) is 4.61. The lowest BCUT2D eigenvalue weighted by Crippen LogP contribution is -2.04. The Kier molecular flexibility index (Phi) is 3.40. The number of hydrogen-bond acceptors (Lipinski definition) is 4. The van der Waals surface area contributed by atoms with Crippen molar-refractivity contribution in [2.45, 2.75) is 6.42 Å². The Morgan fingerprint density at radius 2 is 2.31 bits per heavy atom. The fraction of sp³-hybridized carbons (Fsp3) is 0.100. The number of carbonyl (C=O) groups excluding carboxylic acids is 1. The summed E-state index contributed by atoms with van der Waals surface area (Å²) in [6.45, 7) is 0. The van der Waals surface area contributed by atoms with Crippen LogP contribution in [0.2, 0.25) is 0 Å². The van der Waals surface area contributed by atoms with Gasteiger partial charge in [0.1, 0.15) is 11.5 Å². The van der Waals surface area contributed by atoms with Gasteiger partial charge in [0.25, 0.3) is 0 Å². The number of carbonyl (C=O) groups is 1. The fourth-order valence-corrected chi connectivity index (χ4v) is 2.07. The Labute approximate surface area is 104 Å². The molecule has 0 amide bonds. The number of aromatic nitrogens is 2. The Balaban J connectivity index is 2.22. The number of nitrogens with zero attached hydrogens (tertiary/aromatic N) is 2. The summed E-state index contributed by atoms with van der Waals surface area (Å²) < 4.78 is 21.1. The van der Waals surface area contributed by atoms with E-state index in [1.54, 1.807) is 12.1 Å². The highest BCUT2D eigenvalue weighted by Crippen LogP contribution is 2.21. The molecule has 0 saturated heterocycles. The first-order chi connectivity index (χ1) is 7.68. The Morgan fingerprint density at radius 3 is 3.00 bits per heavy atom. The van der Waals surface area contributed by atoms with Gasteiger partial charge in [0.05, 0.1) is 22.4 Å². The molecule has 0 N–H and O–H groups in total. The molecule has 1 aromatic carbocycles. The van der Waals surface area contributed by atoms with E-state index in [1.807, 2.05) is 0 Å². The van der Waals surface area contributed by atoms with Crippen molar-refractivity contribution in [3.8, 4) is 0 Å². The second kappa shape index (κ2) is 4.80. The van der Waals surface area contributed by atoms with E-state index in [9.17, 15) is 9.18 Å². The van der Waals surface area contributed by atoms with Crippen molar-refractivity contribution in [2.24, 2.45) is 0 Å². The fourth-order valence-electron chi connectivity index (χ4n) is 1.24. The third-order valence-electron chi connectivity index (χ3n) is 2.03. The lowest BCUT2D eigenvalue weighted by Gasteiger charge is -2.02. The SMILES string of the molecule is O=C(Cc1cccc(F)c1Br)c1cnsn1. The van der Waals surface area contributed by atoms with Crippen LogP contribution in [0.3, 0.4) is 0 Å². The summed E-state index contributed by atoms with van der Waals surface area (Å²) in [5, 5.41) is 0. The van der Waals surface area contributed by atoms with Crippen molar-refractivity contribution in [3.63, 3.8) is 0 Å². The summed E-state index contributed by atoms with van der Waals surface area (Å²) in [4.78, 5) is 11.7. The average molecular weight is 301 g/mol. The first-order valence-electron chi connectivity index (χ1n) is 4.42. The van der Waals surface area contributed by atoms with Gasteiger partial charge in [0.15, 0.2) is 5.78 Å². The van der Waals surface area contributed by atoms with E-state index in [0.717, 1.165) is 11.7 Å². The van der Waals surface area contributed by atoms with E-state index < -0.39 is 0 Å². The maximum Gasteiger partial charge on any atom is 0.188 e. The molecule has 0 radical (unpaired) electrons. The molecule has 0 aliphatic heterocycles. The molecule has 0 bridgehead atoms. The van der Waals surface area contributed by atoms with Gasteiger partial charge in [-0.3, -0.25) is 4.79 Å². The van der Waals surface area contributed by atoms with Crippen LogP contribution in [-0.4, -0.2) is 14.5 Å². The van der Waals surface area contributed by atoms with Gasteiger partial charge in [-0.15, -0.1) is 0 Å². The van der Waals surface area contributed by atoms with E-state index in [4.69, 9.17) is 0 Å². The molecular formula is C10H6BrFN2OS. The predicted octanol–water partition coefficient (Wildman–Crippen LogP) is 2.87. The van der Waals surface area contributed by atoms with Crippen LogP contribution < -0.4 is 0 Å². The predicted molar refractivity (Wildman–Crippen MR) is 62.0 cm³/mol. The molecule has 0 aliphatic carbocycles. The number of rotatable bonds is 3. The molecule has 2 aromatic rings. The molecule has 0 unspecified atom stereocenters. The molecule has 0 aliphatic rings. The third-order valence-corrected chi connectivity index (χ3v) is 3.40. The van der Waals surface area contributed by atoms with Gasteiger partial charge >= 0.3 is 0 Å². The minimum Gasteiger partial charge on any atom is -0.292 e. The van der Waals surface area contributed by atoms with E-state index >= 15 is 0 Å². The zero-order valence-corrected chi connectivity index (χ0v) is 10.4. The van der Waals surface area contributed by atoms with Gasteiger partial charge in [-0.2, -0.15) is 8.75 Å². The Hall–Kier alpha value is -1.14. The largest absolute Gasteiger partial charge is 0.292 e. The molecule has 0 saturated carbocycles. The highest BCUT2D eigenvalue weighted by atomic mass is 79.9. The van der Waals surface area contributed by atoms with Crippen molar-refractivity contribution in [2.75, 3.05) is 0 Å². The van der Waals surface area contributed by atoms with Crippen LogP contribution in [0.5, 0.6) is 0 Å². The van der Waals surface area contributed by atoms with Crippen LogP contribution in [0.1, 0.15) is 16.1 Å².